The quantitative estimate of drug-likeness (QED) is 0.524. The van der Waals surface area contributed by atoms with Gasteiger partial charge in [-0.2, -0.15) is 0 Å². The Balaban J connectivity index is 4.52. The van der Waals surface area contributed by atoms with Crippen LogP contribution in [-0.2, 0) is 28.6 Å². The van der Waals surface area contributed by atoms with Gasteiger partial charge in [0.25, 0.3) is 0 Å². The lowest BCUT2D eigenvalue weighted by Gasteiger charge is -2.21. The van der Waals surface area contributed by atoms with E-state index in [1.165, 1.54) is 0 Å². The minimum Gasteiger partial charge on any atom is -0.371 e. The minimum atomic E-state index is -0.516. The number of ketones is 3. The molecule has 0 amide bonds. The van der Waals surface area contributed by atoms with Crippen molar-refractivity contribution in [2.45, 2.75) is 61.5 Å². The summed E-state index contributed by atoms with van der Waals surface area (Å²) in [5.74, 6) is -0.175. The maximum absolute atomic E-state index is 11.9. The molecule has 0 heterocycles. The van der Waals surface area contributed by atoms with Gasteiger partial charge in [0.2, 0.25) is 0 Å². The van der Waals surface area contributed by atoms with Gasteiger partial charge >= 0.3 is 0 Å². The van der Waals surface area contributed by atoms with Crippen molar-refractivity contribution in [1.82, 2.24) is 0 Å². The van der Waals surface area contributed by atoms with Crippen molar-refractivity contribution < 1.29 is 28.6 Å². The Bertz CT molecular complexity index is 436. The second-order valence-corrected chi connectivity index (χ2v) is 8.93. The molecule has 0 radical (unpaired) electrons. The van der Waals surface area contributed by atoms with Crippen molar-refractivity contribution >= 4 is 17.3 Å². The van der Waals surface area contributed by atoms with Gasteiger partial charge in [0.05, 0.1) is 13.2 Å². The van der Waals surface area contributed by atoms with E-state index >= 15 is 0 Å². The van der Waals surface area contributed by atoms with Gasteiger partial charge in [-0.25, -0.2) is 0 Å². The highest BCUT2D eigenvalue weighted by Gasteiger charge is 2.24. The Morgan fingerprint density at radius 1 is 0.731 bits per heavy atom. The minimum absolute atomic E-state index is 0.0154. The van der Waals surface area contributed by atoms with Crippen molar-refractivity contribution in [3.05, 3.63) is 0 Å². The maximum Gasteiger partial charge on any atom is 0.163 e. The molecule has 0 aliphatic rings. The predicted molar refractivity (Wildman–Crippen MR) is 100 cm³/mol. The molecule has 0 bridgehead atoms. The normalized spacial score (nSPS) is 12.7. The highest BCUT2D eigenvalue weighted by Crippen LogP contribution is 2.15. The Morgan fingerprint density at radius 3 is 1.42 bits per heavy atom. The fourth-order valence-electron chi connectivity index (χ4n) is 1.51. The van der Waals surface area contributed by atoms with E-state index < -0.39 is 16.9 Å². The third kappa shape index (κ3) is 10.8. The van der Waals surface area contributed by atoms with Gasteiger partial charge in [-0.3, -0.25) is 14.4 Å². The molecule has 0 fully saturated rings. The average molecular weight is 373 g/mol. The zero-order valence-corrected chi connectivity index (χ0v) is 17.6. The van der Waals surface area contributed by atoms with Crippen LogP contribution >= 0.6 is 0 Å². The lowest BCUT2D eigenvalue weighted by molar-refractivity contribution is -0.140. The molecule has 0 aliphatic carbocycles. The Kier molecular flexibility index (Phi) is 10.4. The van der Waals surface area contributed by atoms with Crippen LogP contribution in [0.25, 0.3) is 0 Å². The summed E-state index contributed by atoms with van der Waals surface area (Å²) in [5, 5.41) is 0. The zero-order valence-electron chi connectivity index (χ0n) is 17.6. The third-order valence-electron chi connectivity index (χ3n) is 3.85. The molecule has 0 atom stereocenters. The molecular formula is C20H36O6. The summed E-state index contributed by atoms with van der Waals surface area (Å²) in [6, 6.07) is 0. The molecule has 6 nitrogen and oxygen atoms in total. The molecule has 6 heteroatoms. The van der Waals surface area contributed by atoms with Crippen molar-refractivity contribution in [1.29, 1.82) is 0 Å². The number of hydrogen-bond acceptors (Lipinski definition) is 6. The van der Waals surface area contributed by atoms with Crippen molar-refractivity contribution in [2.75, 3.05) is 33.0 Å². The Hall–Kier alpha value is -1.11. The van der Waals surface area contributed by atoms with Crippen molar-refractivity contribution in [3.63, 3.8) is 0 Å². The first kappa shape index (κ1) is 24.9. The van der Waals surface area contributed by atoms with E-state index in [-0.39, 0.29) is 56.3 Å². The van der Waals surface area contributed by atoms with Crippen LogP contribution in [0.1, 0.15) is 55.4 Å². The molecule has 0 rings (SSSR count). The third-order valence-corrected chi connectivity index (χ3v) is 3.85. The van der Waals surface area contributed by atoms with Gasteiger partial charge in [-0.1, -0.05) is 55.4 Å². The molecule has 152 valence electrons. The predicted octanol–water partition coefficient (Wildman–Crippen LogP) is 2.86. The Labute approximate surface area is 157 Å². The van der Waals surface area contributed by atoms with Crippen LogP contribution in [0.3, 0.4) is 0 Å². The molecule has 26 heavy (non-hydrogen) atoms. The lowest BCUT2D eigenvalue weighted by atomic mass is 9.91. The van der Waals surface area contributed by atoms with E-state index in [2.05, 4.69) is 0 Å². The van der Waals surface area contributed by atoms with Gasteiger partial charge in [-0.05, 0) is 0 Å². The molecule has 0 spiro atoms. The fraction of sp³-hybridized carbons (Fsp3) is 0.850. The number of carbonyl (C=O) groups is 3. The molecule has 0 aromatic rings. The first-order chi connectivity index (χ1) is 11.7. The number of rotatable bonds is 12. The van der Waals surface area contributed by atoms with Crippen molar-refractivity contribution in [2.24, 2.45) is 16.7 Å². The maximum atomic E-state index is 11.9. The zero-order chi connectivity index (χ0) is 20.5. The summed E-state index contributed by atoms with van der Waals surface area (Å²) in [4.78, 5) is 35.6. The van der Waals surface area contributed by atoms with E-state index in [1.807, 2.05) is 41.5 Å². The van der Waals surface area contributed by atoms with Gasteiger partial charge in [-0.15, -0.1) is 0 Å². The van der Waals surface area contributed by atoms with E-state index in [4.69, 9.17) is 14.2 Å². The smallest absolute Gasteiger partial charge is 0.163 e. The van der Waals surface area contributed by atoms with E-state index in [1.54, 1.807) is 13.8 Å². The number of Topliss-reactive ketones (excluding diaryl/α,β-unsaturated/α-hetero) is 3. The summed E-state index contributed by atoms with van der Waals surface area (Å²) < 4.78 is 16.5. The van der Waals surface area contributed by atoms with E-state index in [0.29, 0.717) is 0 Å². The summed E-state index contributed by atoms with van der Waals surface area (Å²) in [6.45, 7) is 14.7. The summed E-state index contributed by atoms with van der Waals surface area (Å²) in [7, 11) is 0. The van der Waals surface area contributed by atoms with E-state index in [9.17, 15) is 14.4 Å². The molecule has 0 aromatic carbocycles. The highest BCUT2D eigenvalue weighted by molar-refractivity contribution is 5.85. The first-order valence-corrected chi connectivity index (χ1v) is 9.11. The second kappa shape index (κ2) is 10.9. The largest absolute Gasteiger partial charge is 0.371 e. The topological polar surface area (TPSA) is 78.9 Å². The highest BCUT2D eigenvalue weighted by atomic mass is 16.6. The van der Waals surface area contributed by atoms with Gasteiger partial charge in [0.1, 0.15) is 25.9 Å². The van der Waals surface area contributed by atoms with Crippen LogP contribution in [0, 0.1) is 16.7 Å². The second-order valence-electron chi connectivity index (χ2n) is 8.93. The monoisotopic (exact) mass is 372 g/mol. The first-order valence-electron chi connectivity index (χ1n) is 9.11. The molecule has 0 aliphatic heterocycles. The van der Waals surface area contributed by atoms with E-state index in [0.717, 1.165) is 0 Å². The van der Waals surface area contributed by atoms with Crippen LogP contribution in [0.15, 0.2) is 0 Å². The number of ether oxygens (including phenoxy) is 3. The molecule has 0 N–H and O–H groups in total. The summed E-state index contributed by atoms with van der Waals surface area (Å²) in [6.07, 6.45) is -0.516. The van der Waals surface area contributed by atoms with Gasteiger partial charge in [0.15, 0.2) is 17.3 Å². The molecule has 0 aromatic heterocycles. The molecule has 0 saturated carbocycles. The fourth-order valence-corrected chi connectivity index (χ4v) is 1.51. The Morgan fingerprint density at radius 2 is 1.12 bits per heavy atom. The number of carbonyl (C=O) groups excluding carboxylic acids is 3. The summed E-state index contributed by atoms with van der Waals surface area (Å²) in [5.41, 5.74) is -0.945. The van der Waals surface area contributed by atoms with Crippen LogP contribution in [0.2, 0.25) is 0 Å². The van der Waals surface area contributed by atoms with Crippen LogP contribution in [0.5, 0.6) is 0 Å². The summed E-state index contributed by atoms with van der Waals surface area (Å²) >= 11 is 0. The SMILES string of the molecule is CC(C)C(=O)COC(COCC(=O)C(C)(C)C)COCC(=O)C(C)(C)C. The van der Waals surface area contributed by atoms with Gasteiger partial charge < -0.3 is 14.2 Å². The average Bonchev–Trinajstić information content (AvgIpc) is 2.49. The number of hydrogen-bond donors (Lipinski definition) is 0. The molecule has 0 saturated heterocycles. The molecular weight excluding hydrogens is 336 g/mol. The van der Waals surface area contributed by atoms with Crippen molar-refractivity contribution in [3.8, 4) is 0 Å². The van der Waals surface area contributed by atoms with Crippen LogP contribution in [0.4, 0.5) is 0 Å². The standard InChI is InChI=1S/C20H36O6/c1-14(2)16(21)11-26-15(9-24-12-17(22)19(3,4)5)10-25-13-18(23)20(6,7)8/h14-15H,9-13H2,1-8H3. The van der Waals surface area contributed by atoms with Gasteiger partial charge in [0, 0.05) is 16.7 Å². The lowest BCUT2D eigenvalue weighted by Crippen LogP contribution is -2.33. The van der Waals surface area contributed by atoms with Crippen LogP contribution in [-0.4, -0.2) is 56.5 Å². The molecule has 0 unspecified atom stereocenters. The van der Waals surface area contributed by atoms with Crippen LogP contribution < -0.4 is 0 Å².